The fourth-order valence-electron chi connectivity index (χ4n) is 1.34. The normalized spacial score (nSPS) is 10.1. The lowest BCUT2D eigenvalue weighted by Gasteiger charge is -2.05. The minimum Gasteiger partial charge on any atom is -0.395 e. The maximum Gasteiger partial charge on any atom is 0.261 e. The molecule has 114 valence electrons. The van der Waals surface area contributed by atoms with E-state index in [0.29, 0.717) is 17.8 Å². The number of alkyl halides is 2. The van der Waals surface area contributed by atoms with Crippen LogP contribution in [0.2, 0.25) is 0 Å². The van der Waals surface area contributed by atoms with Gasteiger partial charge in [-0.15, -0.1) is 0 Å². The van der Waals surface area contributed by atoms with E-state index in [9.17, 15) is 13.6 Å². The fourth-order valence-corrected chi connectivity index (χ4v) is 1.34. The van der Waals surface area contributed by atoms with E-state index in [1.807, 2.05) is 0 Å². The number of rotatable bonds is 7. The molecule has 0 saturated carbocycles. The smallest absolute Gasteiger partial charge is 0.261 e. The van der Waals surface area contributed by atoms with Crippen LogP contribution in [-0.4, -0.2) is 42.2 Å². The maximum atomic E-state index is 11.8. The Hall–Kier alpha value is -2.04. The second-order valence-electron chi connectivity index (χ2n) is 3.97. The average Bonchev–Trinajstić information content (AvgIpc) is 2.44. The summed E-state index contributed by atoms with van der Waals surface area (Å²) in [5, 5.41) is 11.2. The van der Waals surface area contributed by atoms with Gasteiger partial charge in [-0.25, -0.2) is 13.8 Å². The number of anilines is 1. The zero-order chi connectivity index (χ0) is 15.5. The molecule has 1 aromatic heterocycles. The summed E-state index contributed by atoms with van der Waals surface area (Å²) in [6, 6.07) is 3.26. The minimum absolute atomic E-state index is 0.0136. The zero-order valence-electron chi connectivity index (χ0n) is 11.3. The fraction of sp³-hybridized carbons (Fsp3) is 0.429. The summed E-state index contributed by atoms with van der Waals surface area (Å²) in [6.07, 6.45) is -0.712. The van der Waals surface area contributed by atoms with Gasteiger partial charge in [0.05, 0.1) is 19.6 Å². The summed E-state index contributed by atoms with van der Waals surface area (Å²) in [6.45, 7) is -0.770. The Labute approximate surface area is 121 Å². The van der Waals surface area contributed by atoms with Crippen LogP contribution in [-0.2, 0) is 9.53 Å². The Kier molecular flexibility index (Phi) is 7.94. The second kappa shape index (κ2) is 9.80. The predicted molar refractivity (Wildman–Crippen MR) is 72.9 cm³/mol. The highest BCUT2D eigenvalue weighted by atomic mass is 19.3. The molecule has 0 aliphatic heterocycles. The molecule has 0 fully saturated rings. The highest BCUT2D eigenvalue weighted by molar-refractivity contribution is 5.89. The van der Waals surface area contributed by atoms with E-state index >= 15 is 0 Å². The molecule has 0 spiro atoms. The van der Waals surface area contributed by atoms with Crippen molar-refractivity contribution in [1.29, 1.82) is 0 Å². The largest absolute Gasteiger partial charge is 0.395 e. The number of aliphatic hydroxyl groups is 1. The van der Waals surface area contributed by atoms with E-state index < -0.39 is 13.0 Å². The Balaban J connectivity index is 2.42. The Morgan fingerprint density at radius 3 is 3.05 bits per heavy atom. The third-order valence-corrected chi connectivity index (χ3v) is 2.21. The van der Waals surface area contributed by atoms with Gasteiger partial charge >= 0.3 is 0 Å². The molecule has 0 saturated heterocycles. The molecule has 0 atom stereocenters. The quantitative estimate of drug-likeness (QED) is 0.590. The van der Waals surface area contributed by atoms with Gasteiger partial charge in [0.1, 0.15) is 12.4 Å². The SMILES string of the molecule is O=C(CCOCC(F)F)Nc1cc(C#CCCO)ccn1. The first-order chi connectivity index (χ1) is 10.1. The van der Waals surface area contributed by atoms with Crippen molar-refractivity contribution in [2.75, 3.05) is 25.1 Å². The topological polar surface area (TPSA) is 71.5 Å². The van der Waals surface area contributed by atoms with E-state index in [4.69, 9.17) is 5.11 Å². The molecule has 1 rings (SSSR count). The van der Waals surface area contributed by atoms with Gasteiger partial charge in [0.2, 0.25) is 5.91 Å². The Morgan fingerprint density at radius 1 is 1.52 bits per heavy atom. The van der Waals surface area contributed by atoms with Gasteiger partial charge < -0.3 is 15.2 Å². The Bertz CT molecular complexity index is 512. The number of aliphatic hydroxyl groups excluding tert-OH is 1. The molecule has 0 aliphatic rings. The molecule has 2 N–H and O–H groups in total. The zero-order valence-corrected chi connectivity index (χ0v) is 11.3. The van der Waals surface area contributed by atoms with E-state index in [-0.39, 0.29) is 25.5 Å². The monoisotopic (exact) mass is 298 g/mol. The lowest BCUT2D eigenvalue weighted by Crippen LogP contribution is -2.16. The summed E-state index contributed by atoms with van der Waals surface area (Å²) in [4.78, 5) is 15.5. The third kappa shape index (κ3) is 7.97. The summed E-state index contributed by atoms with van der Waals surface area (Å²) in [7, 11) is 0. The molecule has 21 heavy (non-hydrogen) atoms. The molecule has 0 unspecified atom stereocenters. The predicted octanol–water partition coefficient (Wildman–Crippen LogP) is 1.43. The molecule has 1 aromatic rings. The van der Waals surface area contributed by atoms with Crippen molar-refractivity contribution in [1.82, 2.24) is 4.98 Å². The van der Waals surface area contributed by atoms with Crippen molar-refractivity contribution in [3.63, 3.8) is 0 Å². The standard InChI is InChI=1S/C14H16F2N2O3/c15-12(16)10-21-8-5-14(20)18-13-9-11(4-6-17-13)3-1-2-7-19/h4,6,9,12,19H,2,5,7-8,10H2,(H,17,18,20). The van der Waals surface area contributed by atoms with Crippen LogP contribution in [0.4, 0.5) is 14.6 Å². The first-order valence-corrected chi connectivity index (χ1v) is 6.33. The number of carbonyl (C=O) groups is 1. The molecule has 0 bridgehead atoms. The van der Waals surface area contributed by atoms with Crippen LogP contribution >= 0.6 is 0 Å². The van der Waals surface area contributed by atoms with Gasteiger partial charge in [-0.05, 0) is 12.1 Å². The number of halogens is 2. The van der Waals surface area contributed by atoms with Gasteiger partial charge in [-0.2, -0.15) is 0 Å². The number of carbonyl (C=O) groups excluding carboxylic acids is 1. The van der Waals surface area contributed by atoms with Crippen molar-refractivity contribution in [2.45, 2.75) is 19.3 Å². The summed E-state index contributed by atoms with van der Waals surface area (Å²) < 4.78 is 28.2. The first-order valence-electron chi connectivity index (χ1n) is 6.33. The lowest BCUT2D eigenvalue weighted by molar-refractivity contribution is -0.117. The molecule has 0 radical (unpaired) electrons. The number of amides is 1. The van der Waals surface area contributed by atoms with Crippen molar-refractivity contribution in [3.8, 4) is 11.8 Å². The van der Waals surface area contributed by atoms with Gasteiger partial charge in [0.15, 0.2) is 0 Å². The molecule has 0 aliphatic carbocycles. The van der Waals surface area contributed by atoms with Crippen LogP contribution < -0.4 is 5.32 Å². The van der Waals surface area contributed by atoms with Crippen molar-refractivity contribution in [2.24, 2.45) is 0 Å². The van der Waals surface area contributed by atoms with Gasteiger partial charge in [0, 0.05) is 18.2 Å². The van der Waals surface area contributed by atoms with Crippen LogP contribution in [0.1, 0.15) is 18.4 Å². The summed E-state index contributed by atoms with van der Waals surface area (Å²) in [5.74, 6) is 5.51. The molecule has 0 aromatic carbocycles. The molecular weight excluding hydrogens is 282 g/mol. The number of hydrogen-bond acceptors (Lipinski definition) is 4. The third-order valence-electron chi connectivity index (χ3n) is 2.21. The summed E-state index contributed by atoms with van der Waals surface area (Å²) >= 11 is 0. The molecule has 1 heterocycles. The number of pyridine rings is 1. The van der Waals surface area contributed by atoms with Crippen LogP contribution in [0.25, 0.3) is 0 Å². The number of aromatic nitrogens is 1. The van der Waals surface area contributed by atoms with E-state index in [1.54, 1.807) is 12.1 Å². The number of hydrogen-bond donors (Lipinski definition) is 2. The van der Waals surface area contributed by atoms with Gasteiger partial charge in [0.25, 0.3) is 6.43 Å². The summed E-state index contributed by atoms with van der Waals surface area (Å²) in [5.41, 5.74) is 0.655. The lowest BCUT2D eigenvalue weighted by atomic mass is 10.2. The molecular formula is C14H16F2N2O3. The van der Waals surface area contributed by atoms with Gasteiger partial charge in [-0.3, -0.25) is 4.79 Å². The number of ether oxygens (including phenoxy) is 1. The number of nitrogens with one attached hydrogen (secondary N) is 1. The molecule has 5 nitrogen and oxygen atoms in total. The number of nitrogens with zero attached hydrogens (tertiary/aromatic N) is 1. The van der Waals surface area contributed by atoms with Crippen molar-refractivity contribution >= 4 is 11.7 Å². The molecule has 7 heteroatoms. The first kappa shape index (κ1) is 17.0. The van der Waals surface area contributed by atoms with E-state index in [1.165, 1.54) is 6.20 Å². The van der Waals surface area contributed by atoms with Crippen LogP contribution in [0.15, 0.2) is 18.3 Å². The highest BCUT2D eigenvalue weighted by Crippen LogP contribution is 2.06. The highest BCUT2D eigenvalue weighted by Gasteiger charge is 2.06. The van der Waals surface area contributed by atoms with Crippen molar-refractivity contribution in [3.05, 3.63) is 23.9 Å². The van der Waals surface area contributed by atoms with Crippen LogP contribution in [0.3, 0.4) is 0 Å². The second-order valence-corrected chi connectivity index (χ2v) is 3.97. The maximum absolute atomic E-state index is 11.8. The Morgan fingerprint density at radius 2 is 2.33 bits per heavy atom. The molecule has 1 amide bonds. The average molecular weight is 298 g/mol. The van der Waals surface area contributed by atoms with Crippen LogP contribution in [0, 0.1) is 11.8 Å². The van der Waals surface area contributed by atoms with Gasteiger partial charge in [-0.1, -0.05) is 11.8 Å². The minimum atomic E-state index is -2.54. The van der Waals surface area contributed by atoms with Crippen LogP contribution in [0.5, 0.6) is 0 Å². The van der Waals surface area contributed by atoms with E-state index in [0.717, 1.165) is 0 Å². The van der Waals surface area contributed by atoms with Crippen molar-refractivity contribution < 1.29 is 23.4 Å². The van der Waals surface area contributed by atoms with E-state index in [2.05, 4.69) is 26.9 Å².